The van der Waals surface area contributed by atoms with Gasteiger partial charge >= 0.3 is 15.3 Å². The summed E-state index contributed by atoms with van der Waals surface area (Å²) < 4.78 is 91.5. The molecule has 1 aromatic carbocycles. The van der Waals surface area contributed by atoms with E-state index < -0.39 is 64.9 Å². The molecule has 0 saturated heterocycles. The molecule has 0 saturated carbocycles. The van der Waals surface area contributed by atoms with Gasteiger partial charge in [-0.1, -0.05) is 34.1 Å². The fourth-order valence-corrected chi connectivity index (χ4v) is 4.93. The lowest BCUT2D eigenvalue weighted by Gasteiger charge is -2.24. The smallest absolute Gasteiger partial charge is 0.291 e. The summed E-state index contributed by atoms with van der Waals surface area (Å²) in [5, 5.41) is -5.07. The Bertz CT molecular complexity index is 898. The van der Waals surface area contributed by atoms with Gasteiger partial charge in [0.2, 0.25) is 15.8 Å². The molecular formula is C16H23F3N2O5S2. The number of Topliss-reactive ketones (excluding diaryl/α,β-unsaturated/α-hetero) is 1. The van der Waals surface area contributed by atoms with E-state index in [-0.39, 0.29) is 0 Å². The number of para-hydroxylation sites is 1. The van der Waals surface area contributed by atoms with Crippen molar-refractivity contribution in [1.82, 2.24) is 4.72 Å². The number of ketones is 1. The molecule has 0 fully saturated rings. The van der Waals surface area contributed by atoms with Gasteiger partial charge in [0.05, 0.1) is 11.4 Å². The number of halogens is 3. The van der Waals surface area contributed by atoms with Crippen LogP contribution in [0.2, 0.25) is 0 Å². The normalized spacial score (nSPS) is 14.5. The van der Waals surface area contributed by atoms with Crippen LogP contribution in [0.15, 0.2) is 30.3 Å². The third kappa shape index (κ3) is 5.92. The molecule has 12 heteroatoms. The van der Waals surface area contributed by atoms with Gasteiger partial charge in [-0.3, -0.25) is 4.79 Å². The van der Waals surface area contributed by atoms with Crippen LogP contribution in [0.4, 0.5) is 18.9 Å². The third-order valence-electron chi connectivity index (χ3n) is 3.51. The zero-order valence-electron chi connectivity index (χ0n) is 15.8. The predicted octanol–water partition coefficient (Wildman–Crippen LogP) is 2.61. The number of hydrogen-bond acceptors (Lipinski definition) is 5. The molecule has 0 bridgehead atoms. The summed E-state index contributed by atoms with van der Waals surface area (Å²) in [6, 6.07) is 5.75. The molecule has 1 rings (SSSR count). The van der Waals surface area contributed by atoms with Crippen molar-refractivity contribution in [2.24, 2.45) is 5.92 Å². The number of rotatable bonds is 9. The highest BCUT2D eigenvalue weighted by atomic mass is 32.2. The number of nitrogens with zero attached hydrogens (tertiary/aromatic N) is 1. The van der Waals surface area contributed by atoms with E-state index in [1.54, 1.807) is 20.8 Å². The van der Waals surface area contributed by atoms with Crippen LogP contribution >= 0.6 is 0 Å². The van der Waals surface area contributed by atoms with Crippen LogP contribution in [0.1, 0.15) is 34.1 Å². The van der Waals surface area contributed by atoms with Gasteiger partial charge in [-0.25, -0.2) is 13.1 Å². The zero-order chi connectivity index (χ0) is 22.0. The Morgan fingerprint density at radius 2 is 1.61 bits per heavy atom. The Kier molecular flexibility index (Phi) is 7.29. The summed E-state index contributed by atoms with van der Waals surface area (Å²) in [6.07, 6.45) is -0.563. The number of sulfonamides is 2. The maximum Gasteiger partial charge on any atom is 0.423 e. The third-order valence-corrected chi connectivity index (χ3v) is 6.69. The summed E-state index contributed by atoms with van der Waals surface area (Å²) in [6.45, 7) is 5.67. The molecule has 1 atom stereocenters. The van der Waals surface area contributed by atoms with Crippen molar-refractivity contribution < 1.29 is 34.9 Å². The monoisotopic (exact) mass is 444 g/mol. The molecule has 1 aromatic rings. The van der Waals surface area contributed by atoms with Crippen LogP contribution in [-0.4, -0.2) is 39.2 Å². The molecule has 160 valence electrons. The fourth-order valence-electron chi connectivity index (χ4n) is 2.18. The molecule has 0 aliphatic heterocycles. The second-order valence-electron chi connectivity index (χ2n) is 7.30. The van der Waals surface area contributed by atoms with E-state index in [1.165, 1.54) is 18.2 Å². The second kappa shape index (κ2) is 8.37. The maximum atomic E-state index is 14.3. The van der Waals surface area contributed by atoms with E-state index in [9.17, 15) is 34.9 Å². The number of carbonyl (C=O) groups is 1. The SMILES string of the molecule is CC(CCS(=O)(=O)NC(C)(C)C)C(=O)C(F)(F)S(=O)(=O)N(F)c1ccccc1. The lowest BCUT2D eigenvalue weighted by Crippen LogP contribution is -2.47. The van der Waals surface area contributed by atoms with Crippen molar-refractivity contribution in [2.75, 3.05) is 10.3 Å². The van der Waals surface area contributed by atoms with Gasteiger partial charge in [0.25, 0.3) is 0 Å². The van der Waals surface area contributed by atoms with Gasteiger partial charge in [0, 0.05) is 11.5 Å². The highest BCUT2D eigenvalue weighted by Gasteiger charge is 2.57. The minimum Gasteiger partial charge on any atom is -0.291 e. The van der Waals surface area contributed by atoms with E-state index in [4.69, 9.17) is 0 Å². The minimum atomic E-state index is -6.00. The molecule has 28 heavy (non-hydrogen) atoms. The topological polar surface area (TPSA) is 101 Å². The van der Waals surface area contributed by atoms with Gasteiger partial charge in [-0.2, -0.15) is 17.2 Å². The summed E-state index contributed by atoms with van der Waals surface area (Å²) in [4.78, 5) is 12.0. The highest BCUT2D eigenvalue weighted by Crippen LogP contribution is 2.33. The van der Waals surface area contributed by atoms with Crippen LogP contribution < -0.4 is 9.25 Å². The maximum absolute atomic E-state index is 14.3. The lowest BCUT2D eigenvalue weighted by atomic mass is 10.0. The molecule has 1 N–H and O–H groups in total. The number of carbonyl (C=O) groups excluding carboxylic acids is 1. The summed E-state index contributed by atoms with van der Waals surface area (Å²) in [5.41, 5.74) is -1.51. The van der Waals surface area contributed by atoms with Gasteiger partial charge < -0.3 is 0 Å². The number of anilines is 1. The number of benzene rings is 1. The van der Waals surface area contributed by atoms with Crippen LogP contribution in [0.3, 0.4) is 0 Å². The van der Waals surface area contributed by atoms with Crippen molar-refractivity contribution in [2.45, 2.75) is 44.9 Å². The first kappa shape index (κ1) is 24.4. The summed E-state index contributed by atoms with van der Waals surface area (Å²) in [7, 11) is -9.89. The van der Waals surface area contributed by atoms with E-state index in [1.807, 2.05) is 0 Å². The molecule has 0 heterocycles. The molecule has 1 unspecified atom stereocenters. The van der Waals surface area contributed by atoms with Crippen LogP contribution in [-0.2, 0) is 24.8 Å². The largest absolute Gasteiger partial charge is 0.423 e. The number of hydrogen-bond donors (Lipinski definition) is 1. The Balaban J connectivity index is 2.96. The van der Waals surface area contributed by atoms with E-state index in [2.05, 4.69) is 4.72 Å². The molecule has 0 aliphatic carbocycles. The first-order valence-electron chi connectivity index (χ1n) is 8.21. The first-order chi connectivity index (χ1) is 12.5. The predicted molar refractivity (Wildman–Crippen MR) is 99.4 cm³/mol. The average molecular weight is 444 g/mol. The Labute approximate surface area is 163 Å². The van der Waals surface area contributed by atoms with Crippen molar-refractivity contribution in [3.63, 3.8) is 0 Å². The Hall–Kier alpha value is -1.66. The molecule has 0 amide bonds. The van der Waals surface area contributed by atoms with E-state index in [0.717, 1.165) is 19.1 Å². The Morgan fingerprint density at radius 1 is 1.11 bits per heavy atom. The molecular weight excluding hydrogens is 421 g/mol. The van der Waals surface area contributed by atoms with Crippen molar-refractivity contribution >= 4 is 31.5 Å². The molecule has 0 aliphatic rings. The van der Waals surface area contributed by atoms with Crippen LogP contribution in [0, 0.1) is 5.92 Å². The van der Waals surface area contributed by atoms with Gasteiger partial charge in [-0.05, 0) is 39.3 Å². The summed E-state index contributed by atoms with van der Waals surface area (Å²) >= 11 is 0. The van der Waals surface area contributed by atoms with Crippen molar-refractivity contribution in [3.8, 4) is 0 Å². The molecule has 0 spiro atoms. The van der Waals surface area contributed by atoms with Crippen molar-refractivity contribution in [1.29, 1.82) is 0 Å². The molecule has 7 nitrogen and oxygen atoms in total. The fraction of sp³-hybridized carbons (Fsp3) is 0.562. The Morgan fingerprint density at radius 3 is 2.07 bits per heavy atom. The molecule has 0 radical (unpaired) electrons. The first-order valence-corrected chi connectivity index (χ1v) is 11.3. The van der Waals surface area contributed by atoms with Gasteiger partial charge in [0.15, 0.2) is 0 Å². The lowest BCUT2D eigenvalue weighted by molar-refractivity contribution is -0.137. The quantitative estimate of drug-likeness (QED) is 0.590. The van der Waals surface area contributed by atoms with E-state index in [0.29, 0.717) is 0 Å². The summed E-state index contributed by atoms with van der Waals surface area (Å²) in [5.74, 6) is -4.41. The highest BCUT2D eigenvalue weighted by molar-refractivity contribution is 7.94. The van der Waals surface area contributed by atoms with Crippen LogP contribution in [0.5, 0.6) is 0 Å². The zero-order valence-corrected chi connectivity index (χ0v) is 17.5. The average Bonchev–Trinajstić information content (AvgIpc) is 2.56. The van der Waals surface area contributed by atoms with Crippen molar-refractivity contribution in [3.05, 3.63) is 30.3 Å². The van der Waals surface area contributed by atoms with Gasteiger partial charge in [-0.15, -0.1) is 0 Å². The van der Waals surface area contributed by atoms with Gasteiger partial charge in [0.1, 0.15) is 0 Å². The van der Waals surface area contributed by atoms with E-state index >= 15 is 0 Å². The second-order valence-corrected chi connectivity index (χ2v) is 10.9. The van der Waals surface area contributed by atoms with Crippen LogP contribution in [0.25, 0.3) is 0 Å². The number of alkyl halides is 2. The molecule has 0 aromatic heterocycles. The minimum absolute atomic E-state index is 0.563. The number of nitrogens with one attached hydrogen (secondary N) is 1. The standard InChI is InChI=1S/C16H23F3N2O5S2/c1-12(10-11-27(23,24)20-15(2,3)4)14(22)16(17,18)28(25,26)21(19)13-8-6-5-7-9-13/h5-9,12,20H,10-11H2,1-4H3.